The molecule has 0 saturated carbocycles. The second-order valence-corrected chi connectivity index (χ2v) is 12.1. The highest BCUT2D eigenvalue weighted by Gasteiger charge is 2.27. The van der Waals surface area contributed by atoms with Crippen molar-refractivity contribution in [2.24, 2.45) is 0 Å². The molecule has 0 bridgehead atoms. The third-order valence-corrected chi connectivity index (χ3v) is 6.14. The van der Waals surface area contributed by atoms with Crippen molar-refractivity contribution in [2.45, 2.75) is 104 Å². The molecule has 0 aromatic heterocycles. The zero-order valence-corrected chi connectivity index (χ0v) is 24.1. The molecule has 3 saturated heterocycles. The van der Waals surface area contributed by atoms with E-state index in [1.54, 1.807) is 4.90 Å². The van der Waals surface area contributed by atoms with Crippen molar-refractivity contribution in [3.05, 3.63) is 11.9 Å². The second kappa shape index (κ2) is 14.6. The second-order valence-electron chi connectivity index (χ2n) is 12.1. The average molecular weight is 523 g/mol. The van der Waals surface area contributed by atoms with Gasteiger partial charge in [-0.05, 0) is 99.6 Å². The van der Waals surface area contributed by atoms with Crippen molar-refractivity contribution in [1.29, 1.82) is 0 Å². The summed E-state index contributed by atoms with van der Waals surface area (Å²) in [6, 6.07) is 0. The van der Waals surface area contributed by atoms with Crippen LogP contribution in [0.15, 0.2) is 11.9 Å². The van der Waals surface area contributed by atoms with Crippen LogP contribution < -0.4 is 5.32 Å². The largest absolute Gasteiger partial charge is 0.444 e. The van der Waals surface area contributed by atoms with Crippen LogP contribution in [-0.2, 0) is 14.3 Å². The predicted octanol–water partition coefficient (Wildman–Crippen LogP) is 4.91. The van der Waals surface area contributed by atoms with Crippen molar-refractivity contribution in [3.8, 4) is 0 Å². The summed E-state index contributed by atoms with van der Waals surface area (Å²) in [5, 5.41) is 3.22. The third-order valence-electron chi connectivity index (χ3n) is 6.14. The van der Waals surface area contributed by atoms with Crippen LogP contribution in [0.1, 0.15) is 92.9 Å². The van der Waals surface area contributed by atoms with Gasteiger partial charge in [-0.2, -0.15) is 0 Å². The van der Waals surface area contributed by atoms with E-state index in [0.717, 1.165) is 38.9 Å². The number of hydrogen-bond donors (Lipinski definition) is 1. The number of nitrogens with zero attached hydrogens (tertiary/aromatic N) is 3. The highest BCUT2D eigenvalue weighted by molar-refractivity contribution is 5.85. The Kier molecular flexibility index (Phi) is 12.2. The summed E-state index contributed by atoms with van der Waals surface area (Å²) in [5.74, 6) is 0.113. The Morgan fingerprint density at radius 3 is 1.84 bits per heavy atom. The van der Waals surface area contributed by atoms with Crippen molar-refractivity contribution in [1.82, 2.24) is 20.0 Å². The molecule has 4 aliphatic rings. The van der Waals surface area contributed by atoms with E-state index in [9.17, 15) is 14.4 Å². The molecule has 212 valence electrons. The van der Waals surface area contributed by atoms with E-state index in [1.807, 2.05) is 47.7 Å². The van der Waals surface area contributed by atoms with E-state index in [1.165, 1.54) is 49.4 Å². The van der Waals surface area contributed by atoms with E-state index >= 15 is 0 Å². The van der Waals surface area contributed by atoms with Crippen molar-refractivity contribution < 1.29 is 23.9 Å². The first-order valence-corrected chi connectivity index (χ1v) is 14.0. The van der Waals surface area contributed by atoms with E-state index in [0.29, 0.717) is 13.0 Å². The Hall–Kier alpha value is -2.29. The molecule has 2 amide bonds. The lowest BCUT2D eigenvalue weighted by Gasteiger charge is -2.31. The number of rotatable bonds is 1. The molecule has 0 aromatic rings. The number of nitrogens with one attached hydrogen (secondary N) is 1. The maximum Gasteiger partial charge on any atom is 0.414 e. The van der Waals surface area contributed by atoms with Crippen LogP contribution in [0.3, 0.4) is 0 Å². The zero-order valence-electron chi connectivity index (χ0n) is 24.1. The number of allylic oxidation sites excluding steroid dienone is 1. The lowest BCUT2D eigenvalue weighted by molar-refractivity contribution is -0.122. The van der Waals surface area contributed by atoms with Crippen molar-refractivity contribution >= 4 is 18.0 Å². The van der Waals surface area contributed by atoms with E-state index < -0.39 is 11.2 Å². The first-order chi connectivity index (χ1) is 17.3. The molecular formula is C28H50N4O5. The Balaban J connectivity index is 0.000000224. The molecule has 4 aliphatic heterocycles. The summed E-state index contributed by atoms with van der Waals surface area (Å²) in [6.45, 7) is 17.5. The molecule has 0 spiro atoms. The highest BCUT2D eigenvalue weighted by Crippen LogP contribution is 2.24. The smallest absolute Gasteiger partial charge is 0.414 e. The molecule has 4 heterocycles. The topological polar surface area (TPSA) is 91.4 Å². The minimum Gasteiger partial charge on any atom is -0.444 e. The van der Waals surface area contributed by atoms with Crippen LogP contribution >= 0.6 is 0 Å². The van der Waals surface area contributed by atoms with Gasteiger partial charge in [0.1, 0.15) is 11.2 Å². The molecule has 9 nitrogen and oxygen atoms in total. The van der Waals surface area contributed by atoms with Crippen LogP contribution in [-0.4, -0.2) is 89.7 Å². The number of Topliss-reactive ketones (excluding diaryl/α,β-unsaturated/α-hetero) is 1. The summed E-state index contributed by atoms with van der Waals surface area (Å²) in [5.41, 5.74) is 0.387. The summed E-state index contributed by atoms with van der Waals surface area (Å²) in [7, 11) is 0. The first-order valence-electron chi connectivity index (χ1n) is 14.0. The van der Waals surface area contributed by atoms with Gasteiger partial charge in [0.15, 0.2) is 5.78 Å². The zero-order chi connectivity index (χ0) is 27.5. The molecule has 9 heteroatoms. The number of piperidine rings is 1. The van der Waals surface area contributed by atoms with Gasteiger partial charge >= 0.3 is 12.2 Å². The van der Waals surface area contributed by atoms with Crippen LogP contribution in [0.4, 0.5) is 9.59 Å². The fraction of sp³-hybridized carbons (Fsp3) is 0.821. The third kappa shape index (κ3) is 12.7. The van der Waals surface area contributed by atoms with Crippen molar-refractivity contribution in [3.63, 3.8) is 0 Å². The summed E-state index contributed by atoms with van der Waals surface area (Å²) in [4.78, 5) is 40.2. The van der Waals surface area contributed by atoms with E-state index in [-0.39, 0.29) is 24.5 Å². The van der Waals surface area contributed by atoms with Gasteiger partial charge in [-0.25, -0.2) is 9.59 Å². The van der Waals surface area contributed by atoms with Crippen LogP contribution in [0.2, 0.25) is 0 Å². The number of carbonyl (C=O) groups is 3. The van der Waals surface area contributed by atoms with Gasteiger partial charge in [0, 0.05) is 44.5 Å². The summed E-state index contributed by atoms with van der Waals surface area (Å²) in [6.07, 6.45) is 10.1. The molecule has 0 aromatic carbocycles. The standard InChI is InChI=1S/C14H24N2O2.C10H17NO3.C4H9N/c1-14(2,3)18-13(17)16-10-6-7-12(11-16)15-8-4-5-9-15;1-10(2,3)14-9(13)11-6-4-5-8(12)7-11;1-2-4-5-3-1/h11H,4-10H2,1-3H3;4-7H2,1-3H3;5H,1-4H2. The first kappa shape index (κ1) is 30.9. The van der Waals surface area contributed by atoms with Gasteiger partial charge in [-0.15, -0.1) is 0 Å². The van der Waals surface area contributed by atoms with Crippen LogP contribution in [0, 0.1) is 0 Å². The molecule has 4 rings (SSSR count). The number of amides is 2. The molecular weight excluding hydrogens is 472 g/mol. The van der Waals surface area contributed by atoms with Crippen LogP contribution in [0.5, 0.6) is 0 Å². The van der Waals surface area contributed by atoms with Gasteiger partial charge in [-0.3, -0.25) is 9.69 Å². The monoisotopic (exact) mass is 522 g/mol. The number of likely N-dealkylation sites (tertiary alicyclic amines) is 2. The Morgan fingerprint density at radius 2 is 1.32 bits per heavy atom. The quantitative estimate of drug-likeness (QED) is 0.523. The molecule has 0 radical (unpaired) electrons. The maximum absolute atomic E-state index is 12.0. The summed E-state index contributed by atoms with van der Waals surface area (Å²) < 4.78 is 10.6. The minimum atomic E-state index is -0.489. The normalized spacial score (nSPS) is 20.3. The number of ether oxygens (including phenoxy) is 2. The highest BCUT2D eigenvalue weighted by atomic mass is 16.6. The molecule has 37 heavy (non-hydrogen) atoms. The van der Waals surface area contributed by atoms with Gasteiger partial charge in [-0.1, -0.05) is 0 Å². The fourth-order valence-electron chi connectivity index (χ4n) is 4.39. The van der Waals surface area contributed by atoms with Crippen LogP contribution in [0.25, 0.3) is 0 Å². The Bertz CT molecular complexity index is 767. The SMILES string of the molecule is C1CCNC1.CC(C)(C)OC(=O)N1C=C(N2CCCC2)CCC1.CC(C)(C)OC(=O)N1CCCC(=O)C1. The van der Waals surface area contributed by atoms with Gasteiger partial charge in [0.2, 0.25) is 0 Å². The van der Waals surface area contributed by atoms with Gasteiger partial charge < -0.3 is 24.6 Å². The molecule has 3 fully saturated rings. The lowest BCUT2D eigenvalue weighted by atomic mass is 10.1. The fourth-order valence-corrected chi connectivity index (χ4v) is 4.39. The average Bonchev–Trinajstić information content (AvgIpc) is 3.54. The molecule has 0 unspecified atom stereocenters. The Morgan fingerprint density at radius 1 is 0.757 bits per heavy atom. The van der Waals surface area contributed by atoms with Crippen molar-refractivity contribution in [2.75, 3.05) is 45.8 Å². The molecule has 0 aliphatic carbocycles. The minimum absolute atomic E-state index is 0.113. The molecule has 1 N–H and O–H groups in total. The lowest BCUT2D eigenvalue weighted by Crippen LogP contribution is -2.43. The van der Waals surface area contributed by atoms with E-state index in [4.69, 9.17) is 9.47 Å². The Labute approximate surface area is 223 Å². The maximum atomic E-state index is 12.0. The predicted molar refractivity (Wildman–Crippen MR) is 145 cm³/mol. The number of carbonyl (C=O) groups excluding carboxylic acids is 3. The molecule has 0 atom stereocenters. The summed E-state index contributed by atoms with van der Waals surface area (Å²) >= 11 is 0. The number of ketones is 1. The van der Waals surface area contributed by atoms with Gasteiger partial charge in [0.05, 0.1) is 6.54 Å². The van der Waals surface area contributed by atoms with Gasteiger partial charge in [0.25, 0.3) is 0 Å². The van der Waals surface area contributed by atoms with E-state index in [2.05, 4.69) is 10.2 Å². The number of hydrogen-bond acceptors (Lipinski definition) is 7.